The van der Waals surface area contributed by atoms with Gasteiger partial charge in [-0.1, -0.05) is 0 Å². The molecule has 12 heavy (non-hydrogen) atoms. The van der Waals surface area contributed by atoms with E-state index < -0.39 is 0 Å². The van der Waals surface area contributed by atoms with Crippen LogP contribution in [0.25, 0.3) is 0 Å². The third-order valence-corrected chi connectivity index (χ3v) is 2.70. The Morgan fingerprint density at radius 1 is 1.50 bits per heavy atom. The minimum Gasteiger partial charge on any atom is -0.306 e. The van der Waals surface area contributed by atoms with Crippen LogP contribution >= 0.6 is 0 Å². The molecule has 0 saturated carbocycles. The van der Waals surface area contributed by atoms with E-state index in [9.17, 15) is 4.79 Å². The fourth-order valence-electron chi connectivity index (χ4n) is 1.70. The lowest BCUT2D eigenvalue weighted by Gasteiger charge is -2.30. The van der Waals surface area contributed by atoms with Crippen molar-refractivity contribution in [3.8, 4) is 0 Å². The SMILES string of the molecule is CC(N=C=O)C1CCN(C)CC1. The Hall–Kier alpha value is -0.660. The van der Waals surface area contributed by atoms with Gasteiger partial charge in [-0.3, -0.25) is 0 Å². The topological polar surface area (TPSA) is 32.7 Å². The van der Waals surface area contributed by atoms with Crippen LogP contribution in [-0.4, -0.2) is 37.2 Å². The highest BCUT2D eigenvalue weighted by Gasteiger charge is 2.21. The highest BCUT2D eigenvalue weighted by Crippen LogP contribution is 2.21. The van der Waals surface area contributed by atoms with Gasteiger partial charge in [0.25, 0.3) is 0 Å². The Labute approximate surface area is 73.5 Å². The number of hydrogen-bond donors (Lipinski definition) is 0. The van der Waals surface area contributed by atoms with Crippen LogP contribution in [0.4, 0.5) is 0 Å². The molecule has 0 spiro atoms. The molecule has 1 rings (SSSR count). The van der Waals surface area contributed by atoms with Crippen molar-refractivity contribution in [2.45, 2.75) is 25.8 Å². The van der Waals surface area contributed by atoms with E-state index in [-0.39, 0.29) is 6.04 Å². The van der Waals surface area contributed by atoms with Crippen molar-refractivity contribution in [1.82, 2.24) is 4.90 Å². The fourth-order valence-corrected chi connectivity index (χ4v) is 1.70. The first kappa shape index (κ1) is 9.43. The van der Waals surface area contributed by atoms with Crippen LogP contribution in [0.5, 0.6) is 0 Å². The first-order valence-electron chi connectivity index (χ1n) is 4.49. The van der Waals surface area contributed by atoms with Crippen molar-refractivity contribution in [3.63, 3.8) is 0 Å². The van der Waals surface area contributed by atoms with Crippen molar-refractivity contribution in [2.24, 2.45) is 10.9 Å². The number of nitrogens with zero attached hydrogens (tertiary/aromatic N) is 2. The standard InChI is InChI=1S/C9H16N2O/c1-8(10-7-12)9-3-5-11(2)6-4-9/h8-9H,3-6H2,1-2H3. The average molecular weight is 168 g/mol. The summed E-state index contributed by atoms with van der Waals surface area (Å²) in [5.41, 5.74) is 0. The zero-order valence-electron chi connectivity index (χ0n) is 7.79. The molecular weight excluding hydrogens is 152 g/mol. The Balaban J connectivity index is 2.38. The summed E-state index contributed by atoms with van der Waals surface area (Å²) in [4.78, 5) is 16.1. The molecule has 0 aromatic carbocycles. The summed E-state index contributed by atoms with van der Waals surface area (Å²) in [5, 5.41) is 0. The normalized spacial score (nSPS) is 23.2. The molecule has 1 heterocycles. The number of hydrogen-bond acceptors (Lipinski definition) is 3. The summed E-state index contributed by atoms with van der Waals surface area (Å²) in [6.45, 7) is 4.26. The lowest BCUT2D eigenvalue weighted by Crippen LogP contribution is -2.33. The minimum atomic E-state index is 0.163. The van der Waals surface area contributed by atoms with Crippen molar-refractivity contribution < 1.29 is 4.79 Å². The predicted octanol–water partition coefficient (Wildman–Crippen LogP) is 1.05. The maximum atomic E-state index is 10.0. The van der Waals surface area contributed by atoms with Crippen LogP contribution in [0.15, 0.2) is 4.99 Å². The van der Waals surface area contributed by atoms with Crippen molar-refractivity contribution in [1.29, 1.82) is 0 Å². The molecule has 3 nitrogen and oxygen atoms in total. The lowest BCUT2D eigenvalue weighted by molar-refractivity contribution is 0.204. The summed E-state index contributed by atoms with van der Waals surface area (Å²) in [5.74, 6) is 0.586. The van der Waals surface area contributed by atoms with Gasteiger partial charge in [0, 0.05) is 0 Å². The van der Waals surface area contributed by atoms with Crippen LogP contribution in [0.3, 0.4) is 0 Å². The number of piperidine rings is 1. The third kappa shape index (κ3) is 2.43. The van der Waals surface area contributed by atoms with Crippen LogP contribution in [0, 0.1) is 5.92 Å². The Morgan fingerprint density at radius 3 is 2.58 bits per heavy atom. The quantitative estimate of drug-likeness (QED) is 0.456. The summed E-state index contributed by atoms with van der Waals surface area (Å²) < 4.78 is 0. The molecule has 1 unspecified atom stereocenters. The first-order chi connectivity index (χ1) is 5.74. The molecule has 1 saturated heterocycles. The van der Waals surface area contributed by atoms with Gasteiger partial charge in [-0.15, -0.1) is 0 Å². The molecule has 0 aliphatic carbocycles. The van der Waals surface area contributed by atoms with Crippen molar-refractivity contribution in [3.05, 3.63) is 0 Å². The number of likely N-dealkylation sites (tertiary alicyclic amines) is 1. The molecule has 1 fully saturated rings. The van der Waals surface area contributed by atoms with Gasteiger partial charge in [-0.05, 0) is 45.8 Å². The van der Waals surface area contributed by atoms with E-state index in [0.717, 1.165) is 25.9 Å². The van der Waals surface area contributed by atoms with Crippen LogP contribution in [-0.2, 0) is 4.79 Å². The number of aliphatic imine (C=N–C) groups is 1. The zero-order valence-corrected chi connectivity index (χ0v) is 7.79. The summed E-state index contributed by atoms with van der Waals surface area (Å²) in [6, 6.07) is 0.163. The highest BCUT2D eigenvalue weighted by molar-refractivity contribution is 5.33. The van der Waals surface area contributed by atoms with Gasteiger partial charge in [0.1, 0.15) is 0 Å². The Morgan fingerprint density at radius 2 is 2.08 bits per heavy atom. The van der Waals surface area contributed by atoms with Gasteiger partial charge in [0.15, 0.2) is 0 Å². The number of carbonyl (C=O) groups excluding carboxylic acids is 1. The van der Waals surface area contributed by atoms with Crippen molar-refractivity contribution >= 4 is 6.08 Å². The van der Waals surface area contributed by atoms with Crippen molar-refractivity contribution in [2.75, 3.05) is 20.1 Å². The van der Waals surface area contributed by atoms with Gasteiger partial charge >= 0.3 is 0 Å². The van der Waals surface area contributed by atoms with Crippen LogP contribution in [0.1, 0.15) is 19.8 Å². The minimum absolute atomic E-state index is 0.163. The zero-order chi connectivity index (χ0) is 8.97. The molecule has 3 heteroatoms. The fraction of sp³-hybridized carbons (Fsp3) is 0.889. The Bertz CT molecular complexity index is 179. The van der Waals surface area contributed by atoms with E-state index in [0.29, 0.717) is 5.92 Å². The van der Waals surface area contributed by atoms with Gasteiger partial charge in [-0.25, -0.2) is 9.79 Å². The largest absolute Gasteiger partial charge is 0.306 e. The van der Waals surface area contributed by atoms with E-state index in [2.05, 4.69) is 16.9 Å². The molecule has 0 bridgehead atoms. The van der Waals surface area contributed by atoms with Crippen LogP contribution in [0.2, 0.25) is 0 Å². The van der Waals surface area contributed by atoms with Gasteiger partial charge in [-0.2, -0.15) is 0 Å². The van der Waals surface area contributed by atoms with E-state index in [4.69, 9.17) is 0 Å². The molecule has 68 valence electrons. The molecule has 1 aliphatic heterocycles. The van der Waals surface area contributed by atoms with E-state index in [1.54, 1.807) is 6.08 Å². The van der Waals surface area contributed by atoms with E-state index in [1.165, 1.54) is 0 Å². The number of isocyanates is 1. The first-order valence-corrected chi connectivity index (χ1v) is 4.49. The maximum Gasteiger partial charge on any atom is 0.235 e. The Kier molecular flexibility index (Phi) is 3.45. The predicted molar refractivity (Wildman–Crippen MR) is 47.8 cm³/mol. The monoisotopic (exact) mass is 168 g/mol. The molecular formula is C9H16N2O. The summed E-state index contributed by atoms with van der Waals surface area (Å²) in [6.07, 6.45) is 3.95. The second kappa shape index (κ2) is 4.39. The third-order valence-electron chi connectivity index (χ3n) is 2.70. The molecule has 1 aliphatic rings. The molecule has 0 radical (unpaired) electrons. The summed E-state index contributed by atoms with van der Waals surface area (Å²) in [7, 11) is 2.13. The molecule has 0 amide bonds. The summed E-state index contributed by atoms with van der Waals surface area (Å²) >= 11 is 0. The number of rotatable bonds is 2. The van der Waals surface area contributed by atoms with Gasteiger partial charge in [0.05, 0.1) is 6.04 Å². The average Bonchev–Trinajstić information content (AvgIpc) is 2.06. The van der Waals surface area contributed by atoms with Crippen LogP contribution < -0.4 is 0 Å². The van der Waals surface area contributed by atoms with E-state index in [1.807, 2.05) is 6.92 Å². The molecule has 0 N–H and O–H groups in total. The van der Waals surface area contributed by atoms with E-state index >= 15 is 0 Å². The highest BCUT2D eigenvalue weighted by atomic mass is 16.1. The van der Waals surface area contributed by atoms with Gasteiger partial charge < -0.3 is 4.90 Å². The molecule has 0 aromatic rings. The molecule has 1 atom stereocenters. The second-order valence-corrected chi connectivity index (χ2v) is 3.60. The molecule has 0 aromatic heterocycles. The smallest absolute Gasteiger partial charge is 0.235 e. The lowest BCUT2D eigenvalue weighted by atomic mass is 9.91. The maximum absolute atomic E-state index is 10.0. The second-order valence-electron chi connectivity index (χ2n) is 3.60. The van der Waals surface area contributed by atoms with Gasteiger partial charge in [0.2, 0.25) is 6.08 Å².